The Labute approximate surface area is 128 Å². The summed E-state index contributed by atoms with van der Waals surface area (Å²) < 4.78 is 19.0. The van der Waals surface area contributed by atoms with Crippen LogP contribution in [0.25, 0.3) is 0 Å². The summed E-state index contributed by atoms with van der Waals surface area (Å²) in [6, 6.07) is 11.8. The topological polar surface area (TPSA) is 29.5 Å². The number of hydrogen-bond acceptors (Lipinski definition) is 2. The van der Waals surface area contributed by atoms with E-state index in [4.69, 9.17) is 21.4 Å². The minimum Gasteiger partial charge on any atom is -0.384 e. The van der Waals surface area contributed by atoms with Gasteiger partial charge in [0.15, 0.2) is 0 Å². The van der Waals surface area contributed by atoms with Crippen LogP contribution in [-0.4, -0.2) is 11.7 Å². The lowest BCUT2D eigenvalue weighted by atomic mass is 10.1. The van der Waals surface area contributed by atoms with E-state index in [9.17, 15) is 4.39 Å². The second kappa shape index (κ2) is 7.80. The Morgan fingerprint density at radius 2 is 1.76 bits per heavy atom. The van der Waals surface area contributed by atoms with E-state index < -0.39 is 0 Å². The molecule has 2 aromatic rings. The number of halogens is 2. The third-order valence-electron chi connectivity index (χ3n) is 2.72. The molecule has 0 bridgehead atoms. The highest BCUT2D eigenvalue weighted by atomic mass is 35.5. The van der Waals surface area contributed by atoms with Crippen molar-refractivity contribution in [2.24, 2.45) is 0 Å². The molecule has 0 unspecified atom stereocenters. The van der Waals surface area contributed by atoms with Gasteiger partial charge in [0.1, 0.15) is 12.4 Å². The fourth-order valence-corrected chi connectivity index (χ4v) is 1.94. The first kappa shape index (κ1) is 15.5. The predicted molar refractivity (Wildman–Crippen MR) is 80.3 cm³/mol. The molecule has 2 rings (SSSR count). The van der Waals surface area contributed by atoms with Gasteiger partial charge in [-0.3, -0.25) is 0 Å². The highest BCUT2D eigenvalue weighted by Gasteiger charge is 2.01. The molecule has 0 spiro atoms. The number of rotatable bonds is 4. The number of benzene rings is 2. The summed E-state index contributed by atoms with van der Waals surface area (Å²) in [5.74, 6) is 4.80. The molecule has 108 valence electrons. The van der Waals surface area contributed by atoms with Crippen molar-refractivity contribution in [2.75, 3.05) is 6.61 Å². The fourth-order valence-electron chi connectivity index (χ4n) is 1.81. The van der Waals surface area contributed by atoms with Gasteiger partial charge in [-0.05, 0) is 41.5 Å². The Hall–Kier alpha value is -1.86. The standard InChI is InChI=1S/C17H14ClFO2/c18-16-5-3-13(4-6-16)11-21-12-15-8-14(2-1-7-20)9-17(19)10-15/h3-6,8-10,20H,7,11-12H2. The number of aliphatic hydroxyl groups excluding tert-OH is 1. The van der Waals surface area contributed by atoms with Gasteiger partial charge in [0.05, 0.1) is 13.2 Å². The summed E-state index contributed by atoms with van der Waals surface area (Å²) in [5.41, 5.74) is 2.22. The van der Waals surface area contributed by atoms with Crippen LogP contribution in [0.15, 0.2) is 42.5 Å². The van der Waals surface area contributed by atoms with Gasteiger partial charge in [0.2, 0.25) is 0 Å². The van der Waals surface area contributed by atoms with E-state index in [2.05, 4.69) is 11.8 Å². The second-order valence-electron chi connectivity index (χ2n) is 4.43. The molecule has 0 saturated heterocycles. The first-order valence-electron chi connectivity index (χ1n) is 6.39. The third-order valence-corrected chi connectivity index (χ3v) is 2.97. The van der Waals surface area contributed by atoms with E-state index in [1.807, 2.05) is 12.1 Å². The average molecular weight is 305 g/mol. The van der Waals surface area contributed by atoms with Crippen LogP contribution in [0.1, 0.15) is 16.7 Å². The highest BCUT2D eigenvalue weighted by Crippen LogP contribution is 2.13. The van der Waals surface area contributed by atoms with Crippen molar-refractivity contribution in [1.29, 1.82) is 0 Å². The molecule has 0 aliphatic carbocycles. The minimum absolute atomic E-state index is 0.251. The zero-order valence-corrected chi connectivity index (χ0v) is 12.0. The number of hydrogen-bond donors (Lipinski definition) is 1. The monoisotopic (exact) mass is 304 g/mol. The van der Waals surface area contributed by atoms with Crippen LogP contribution in [0, 0.1) is 17.7 Å². The molecule has 0 aromatic heterocycles. The molecule has 0 amide bonds. The van der Waals surface area contributed by atoms with Crippen LogP contribution in [0.2, 0.25) is 5.02 Å². The molecule has 0 fully saturated rings. The van der Waals surface area contributed by atoms with E-state index in [0.29, 0.717) is 22.8 Å². The van der Waals surface area contributed by atoms with Gasteiger partial charge in [-0.25, -0.2) is 4.39 Å². The quantitative estimate of drug-likeness (QED) is 0.876. The van der Waals surface area contributed by atoms with Crippen LogP contribution in [0.4, 0.5) is 4.39 Å². The third kappa shape index (κ3) is 5.20. The summed E-state index contributed by atoms with van der Waals surface area (Å²) in [6.45, 7) is 0.457. The van der Waals surface area contributed by atoms with Crippen LogP contribution in [-0.2, 0) is 18.0 Å². The molecular formula is C17H14ClFO2. The maximum atomic E-state index is 13.4. The Bertz CT molecular complexity index is 657. The summed E-state index contributed by atoms with van der Waals surface area (Å²) >= 11 is 5.80. The van der Waals surface area contributed by atoms with Crippen molar-refractivity contribution < 1.29 is 14.2 Å². The van der Waals surface area contributed by atoms with Gasteiger partial charge in [-0.15, -0.1) is 0 Å². The molecule has 2 nitrogen and oxygen atoms in total. The van der Waals surface area contributed by atoms with Gasteiger partial charge in [0.25, 0.3) is 0 Å². The molecule has 2 aromatic carbocycles. The van der Waals surface area contributed by atoms with Crippen LogP contribution in [0.3, 0.4) is 0 Å². The van der Waals surface area contributed by atoms with E-state index in [0.717, 1.165) is 5.56 Å². The summed E-state index contributed by atoms with van der Waals surface area (Å²) in [7, 11) is 0. The van der Waals surface area contributed by atoms with Crippen molar-refractivity contribution in [1.82, 2.24) is 0 Å². The Morgan fingerprint density at radius 3 is 2.48 bits per heavy atom. The lowest BCUT2D eigenvalue weighted by Crippen LogP contribution is -1.96. The Kier molecular flexibility index (Phi) is 5.77. The average Bonchev–Trinajstić information content (AvgIpc) is 2.47. The first-order valence-corrected chi connectivity index (χ1v) is 6.76. The Balaban J connectivity index is 1.96. The molecule has 0 radical (unpaired) electrons. The summed E-state index contributed by atoms with van der Waals surface area (Å²) in [5, 5.41) is 9.33. The van der Waals surface area contributed by atoms with Crippen molar-refractivity contribution in [3.8, 4) is 11.8 Å². The molecule has 0 heterocycles. The van der Waals surface area contributed by atoms with Crippen LogP contribution >= 0.6 is 11.6 Å². The molecular weight excluding hydrogens is 291 g/mol. The fraction of sp³-hybridized carbons (Fsp3) is 0.176. The van der Waals surface area contributed by atoms with Gasteiger partial charge in [0, 0.05) is 10.6 Å². The molecule has 0 saturated carbocycles. The zero-order valence-electron chi connectivity index (χ0n) is 11.3. The Morgan fingerprint density at radius 1 is 1.05 bits per heavy atom. The SMILES string of the molecule is OCC#Cc1cc(F)cc(COCc2ccc(Cl)cc2)c1. The van der Waals surface area contributed by atoms with Crippen molar-refractivity contribution in [3.63, 3.8) is 0 Å². The predicted octanol–water partition coefficient (Wildman–Crippen LogP) is 3.54. The van der Waals surface area contributed by atoms with Gasteiger partial charge >= 0.3 is 0 Å². The zero-order chi connectivity index (χ0) is 15.1. The normalized spacial score (nSPS) is 10.0. The summed E-state index contributed by atoms with van der Waals surface area (Å²) in [4.78, 5) is 0. The van der Waals surface area contributed by atoms with Gasteiger partial charge in [-0.2, -0.15) is 0 Å². The summed E-state index contributed by atoms with van der Waals surface area (Å²) in [6.07, 6.45) is 0. The maximum Gasteiger partial charge on any atom is 0.124 e. The molecule has 0 atom stereocenters. The van der Waals surface area contributed by atoms with Crippen molar-refractivity contribution in [3.05, 3.63) is 70.0 Å². The molecule has 1 N–H and O–H groups in total. The van der Waals surface area contributed by atoms with Crippen molar-refractivity contribution >= 4 is 11.6 Å². The lowest BCUT2D eigenvalue weighted by Gasteiger charge is -2.06. The highest BCUT2D eigenvalue weighted by molar-refractivity contribution is 6.30. The molecule has 0 aliphatic heterocycles. The van der Waals surface area contributed by atoms with E-state index >= 15 is 0 Å². The van der Waals surface area contributed by atoms with Crippen LogP contribution < -0.4 is 0 Å². The van der Waals surface area contributed by atoms with Crippen LogP contribution in [0.5, 0.6) is 0 Å². The molecule has 21 heavy (non-hydrogen) atoms. The lowest BCUT2D eigenvalue weighted by molar-refractivity contribution is 0.107. The largest absolute Gasteiger partial charge is 0.384 e. The van der Waals surface area contributed by atoms with Crippen molar-refractivity contribution in [2.45, 2.75) is 13.2 Å². The number of ether oxygens (including phenoxy) is 1. The van der Waals surface area contributed by atoms with E-state index in [1.165, 1.54) is 12.1 Å². The second-order valence-corrected chi connectivity index (χ2v) is 4.86. The molecule has 4 heteroatoms. The van der Waals surface area contributed by atoms with Gasteiger partial charge in [-0.1, -0.05) is 35.6 Å². The van der Waals surface area contributed by atoms with E-state index in [-0.39, 0.29) is 19.0 Å². The smallest absolute Gasteiger partial charge is 0.124 e. The number of aliphatic hydroxyl groups is 1. The maximum absolute atomic E-state index is 13.4. The molecule has 0 aliphatic rings. The first-order chi connectivity index (χ1) is 10.2. The minimum atomic E-state index is -0.371. The van der Waals surface area contributed by atoms with E-state index in [1.54, 1.807) is 18.2 Å². The van der Waals surface area contributed by atoms with Gasteiger partial charge < -0.3 is 9.84 Å².